The molecule has 0 spiro atoms. The van der Waals surface area contributed by atoms with Crippen LogP contribution in [0.5, 0.6) is 0 Å². The molecule has 0 bridgehead atoms. The number of carboxylic acid groups (broad SMARTS) is 1. The molecule has 1 aromatic rings. The zero-order valence-corrected chi connectivity index (χ0v) is 12.6. The molecule has 0 aliphatic rings. The average molecular weight is 365 g/mol. The van der Waals surface area contributed by atoms with Crippen LogP contribution < -0.4 is 10.5 Å². The minimum absolute atomic E-state index is 0.0784. The predicted molar refractivity (Wildman–Crippen MR) is 74.3 cm³/mol. The molecule has 0 radical (unpaired) electrons. The first-order valence-corrected chi connectivity index (χ1v) is 7.79. The molecule has 0 aliphatic heterocycles. The lowest BCUT2D eigenvalue weighted by molar-refractivity contribution is -0.139. The van der Waals surface area contributed by atoms with Gasteiger partial charge in [-0.2, -0.15) is 4.72 Å². The molecule has 1 rings (SSSR count). The van der Waals surface area contributed by atoms with Gasteiger partial charge in [0.05, 0.1) is 4.90 Å². The van der Waals surface area contributed by atoms with Crippen LogP contribution >= 0.6 is 15.9 Å². The predicted octanol–water partition coefficient (Wildman–Crippen LogP) is 0.446. The second kappa shape index (κ2) is 6.82. The van der Waals surface area contributed by atoms with Crippen molar-refractivity contribution in [1.82, 2.24) is 4.72 Å². The summed E-state index contributed by atoms with van der Waals surface area (Å²) in [4.78, 5) is 21.6. The molecule has 0 unspecified atom stereocenters. The maximum absolute atomic E-state index is 12.1. The Hall–Kier alpha value is -1.45. The lowest BCUT2D eigenvalue weighted by Gasteiger charge is -2.14. The Bertz CT molecular complexity index is 617. The van der Waals surface area contributed by atoms with Crippen molar-refractivity contribution in [3.63, 3.8) is 0 Å². The van der Waals surface area contributed by atoms with Gasteiger partial charge in [0.25, 0.3) is 0 Å². The Labute approximate surface area is 124 Å². The third-order valence-corrected chi connectivity index (χ3v) is 4.88. The third kappa shape index (κ3) is 4.58. The topological polar surface area (TPSA) is 127 Å². The van der Waals surface area contributed by atoms with Gasteiger partial charge in [-0.1, -0.05) is 12.1 Å². The highest BCUT2D eigenvalue weighted by molar-refractivity contribution is 9.10. The number of primary amides is 1. The van der Waals surface area contributed by atoms with E-state index in [4.69, 9.17) is 10.8 Å². The van der Waals surface area contributed by atoms with Crippen LogP contribution in [0.3, 0.4) is 0 Å². The number of halogens is 1. The monoisotopic (exact) mass is 364 g/mol. The number of hydrogen-bond donors (Lipinski definition) is 3. The molecule has 0 heterocycles. The number of carboxylic acids is 1. The van der Waals surface area contributed by atoms with Gasteiger partial charge in [0.2, 0.25) is 15.9 Å². The summed E-state index contributed by atoms with van der Waals surface area (Å²) in [5.74, 6) is -2.07. The molecule has 0 aliphatic carbocycles. The molecular formula is C11H13BrN2O5S. The van der Waals surface area contributed by atoms with Crippen LogP contribution in [0.2, 0.25) is 0 Å². The van der Waals surface area contributed by atoms with E-state index in [1.807, 2.05) is 4.72 Å². The van der Waals surface area contributed by atoms with Crippen LogP contribution in [0, 0.1) is 0 Å². The van der Waals surface area contributed by atoms with Gasteiger partial charge in [-0.05, 0) is 34.5 Å². The van der Waals surface area contributed by atoms with Gasteiger partial charge >= 0.3 is 5.97 Å². The number of carbonyl (C=O) groups excluding carboxylic acids is 1. The molecule has 7 nitrogen and oxygen atoms in total. The summed E-state index contributed by atoms with van der Waals surface area (Å²) < 4.78 is 26.5. The summed E-state index contributed by atoms with van der Waals surface area (Å²) in [6.45, 7) is 0. The number of carbonyl (C=O) groups is 2. The largest absolute Gasteiger partial charge is 0.480 e. The normalized spacial score (nSPS) is 12.8. The molecule has 0 saturated heterocycles. The Morgan fingerprint density at radius 3 is 2.45 bits per heavy atom. The maximum Gasteiger partial charge on any atom is 0.321 e. The van der Waals surface area contributed by atoms with E-state index in [0.29, 0.717) is 4.47 Å². The molecule has 0 saturated carbocycles. The molecular weight excluding hydrogens is 352 g/mol. The van der Waals surface area contributed by atoms with E-state index in [-0.39, 0.29) is 17.7 Å². The highest BCUT2D eigenvalue weighted by Gasteiger charge is 2.26. The quantitative estimate of drug-likeness (QED) is 0.647. The Balaban J connectivity index is 2.95. The van der Waals surface area contributed by atoms with Crippen molar-refractivity contribution in [3.05, 3.63) is 28.7 Å². The number of nitrogens with one attached hydrogen (secondary N) is 1. The molecule has 20 heavy (non-hydrogen) atoms. The van der Waals surface area contributed by atoms with Crippen molar-refractivity contribution in [2.45, 2.75) is 23.8 Å². The van der Waals surface area contributed by atoms with Crippen molar-refractivity contribution < 1.29 is 23.1 Å². The van der Waals surface area contributed by atoms with Crippen LogP contribution in [0.25, 0.3) is 0 Å². The Morgan fingerprint density at radius 2 is 1.95 bits per heavy atom. The first-order valence-electron chi connectivity index (χ1n) is 5.52. The second-order valence-electron chi connectivity index (χ2n) is 3.95. The highest BCUT2D eigenvalue weighted by atomic mass is 79.9. The number of rotatable bonds is 7. The molecule has 1 aromatic carbocycles. The summed E-state index contributed by atoms with van der Waals surface area (Å²) in [5, 5.41) is 8.97. The van der Waals surface area contributed by atoms with Gasteiger partial charge in [0.15, 0.2) is 0 Å². The third-order valence-electron chi connectivity index (χ3n) is 2.40. The van der Waals surface area contributed by atoms with Crippen LogP contribution in [-0.2, 0) is 19.6 Å². The summed E-state index contributed by atoms with van der Waals surface area (Å²) in [7, 11) is -4.01. The summed E-state index contributed by atoms with van der Waals surface area (Å²) in [6, 6.07) is 4.58. The number of hydrogen-bond acceptors (Lipinski definition) is 4. The van der Waals surface area contributed by atoms with Gasteiger partial charge in [0.1, 0.15) is 6.04 Å². The van der Waals surface area contributed by atoms with Crippen molar-refractivity contribution in [2.75, 3.05) is 0 Å². The van der Waals surface area contributed by atoms with Crippen LogP contribution in [0.1, 0.15) is 12.8 Å². The van der Waals surface area contributed by atoms with Crippen molar-refractivity contribution in [1.29, 1.82) is 0 Å². The minimum atomic E-state index is -4.01. The van der Waals surface area contributed by atoms with Crippen molar-refractivity contribution in [3.8, 4) is 0 Å². The minimum Gasteiger partial charge on any atom is -0.480 e. The second-order valence-corrected chi connectivity index (χ2v) is 6.48. The van der Waals surface area contributed by atoms with Crippen molar-refractivity contribution in [2.24, 2.45) is 5.73 Å². The number of amides is 1. The summed E-state index contributed by atoms with van der Waals surface area (Å²) in [5.41, 5.74) is 4.92. The first-order chi connectivity index (χ1) is 9.24. The zero-order valence-electron chi connectivity index (χ0n) is 10.2. The van der Waals surface area contributed by atoms with Crippen LogP contribution in [-0.4, -0.2) is 31.4 Å². The zero-order chi connectivity index (χ0) is 15.3. The van der Waals surface area contributed by atoms with Gasteiger partial charge in [-0.3, -0.25) is 9.59 Å². The first kappa shape index (κ1) is 16.6. The number of sulfonamides is 1. The smallest absolute Gasteiger partial charge is 0.321 e. The van der Waals surface area contributed by atoms with Gasteiger partial charge < -0.3 is 10.8 Å². The Morgan fingerprint density at radius 1 is 1.35 bits per heavy atom. The van der Waals surface area contributed by atoms with E-state index >= 15 is 0 Å². The van der Waals surface area contributed by atoms with E-state index in [0.717, 1.165) is 0 Å². The lowest BCUT2D eigenvalue weighted by atomic mass is 10.2. The summed E-state index contributed by atoms with van der Waals surface area (Å²) >= 11 is 3.08. The Kier molecular flexibility index (Phi) is 5.66. The number of aliphatic carboxylic acids is 1. The van der Waals surface area contributed by atoms with Gasteiger partial charge in [0, 0.05) is 10.9 Å². The fourth-order valence-electron chi connectivity index (χ4n) is 1.43. The fourth-order valence-corrected chi connectivity index (χ4v) is 3.66. The van der Waals surface area contributed by atoms with E-state index in [9.17, 15) is 18.0 Å². The van der Waals surface area contributed by atoms with E-state index in [1.54, 1.807) is 6.07 Å². The van der Waals surface area contributed by atoms with Crippen LogP contribution in [0.15, 0.2) is 33.6 Å². The molecule has 110 valence electrons. The average Bonchev–Trinajstić information content (AvgIpc) is 2.34. The van der Waals surface area contributed by atoms with Gasteiger partial charge in [-0.15, -0.1) is 0 Å². The molecule has 0 aromatic heterocycles. The number of nitrogens with two attached hydrogens (primary N) is 1. The standard InChI is InChI=1S/C11H13BrN2O5S/c12-7-3-1-2-4-9(7)20(18,19)14-8(11(16)17)5-6-10(13)15/h1-4,8,14H,5-6H2,(H2,13,15)(H,16,17)/t8-/m0/s1. The summed E-state index contributed by atoms with van der Waals surface area (Å²) in [6.07, 6.45) is -0.441. The maximum atomic E-state index is 12.1. The van der Waals surface area contributed by atoms with Gasteiger partial charge in [-0.25, -0.2) is 8.42 Å². The van der Waals surface area contributed by atoms with Crippen LogP contribution in [0.4, 0.5) is 0 Å². The van der Waals surface area contributed by atoms with Crippen molar-refractivity contribution >= 4 is 37.8 Å². The fraction of sp³-hybridized carbons (Fsp3) is 0.273. The molecule has 9 heteroatoms. The highest BCUT2D eigenvalue weighted by Crippen LogP contribution is 2.21. The molecule has 1 amide bonds. The van der Waals surface area contributed by atoms with E-state index in [2.05, 4.69) is 15.9 Å². The molecule has 1 atom stereocenters. The molecule has 0 fully saturated rings. The van der Waals surface area contributed by atoms with E-state index < -0.39 is 27.9 Å². The van der Waals surface area contributed by atoms with E-state index in [1.165, 1.54) is 18.2 Å². The lowest BCUT2D eigenvalue weighted by Crippen LogP contribution is -2.41. The molecule has 4 N–H and O–H groups in total. The number of benzene rings is 1. The SMILES string of the molecule is NC(=O)CC[C@H](NS(=O)(=O)c1ccccc1Br)C(=O)O.